The molecule has 1 aliphatic heterocycles. The fourth-order valence-corrected chi connectivity index (χ4v) is 3.51. The molecular formula is C17H21N3O3. The standard InChI is InChI=1S/C17H21N3O3/c21-15(9-12-5-2-1-3-6-12)20-10-13(11-20)17-18-16(19-23-17)14-7-4-8-22-14/h4,7-8,12-13H,1-3,5-6,9-11H2. The van der Waals surface area contributed by atoms with Gasteiger partial charge in [0.05, 0.1) is 12.2 Å². The van der Waals surface area contributed by atoms with Crippen LogP contribution in [0.2, 0.25) is 0 Å². The van der Waals surface area contributed by atoms with Crippen molar-refractivity contribution in [3.63, 3.8) is 0 Å². The van der Waals surface area contributed by atoms with E-state index < -0.39 is 0 Å². The lowest BCUT2D eigenvalue weighted by molar-refractivity contribution is -0.137. The molecular weight excluding hydrogens is 294 g/mol. The highest BCUT2D eigenvalue weighted by Gasteiger charge is 2.36. The van der Waals surface area contributed by atoms with Gasteiger partial charge >= 0.3 is 0 Å². The molecule has 2 fully saturated rings. The van der Waals surface area contributed by atoms with Gasteiger partial charge in [-0.05, 0) is 30.9 Å². The summed E-state index contributed by atoms with van der Waals surface area (Å²) in [4.78, 5) is 18.6. The van der Waals surface area contributed by atoms with Gasteiger partial charge in [0.15, 0.2) is 5.76 Å². The largest absolute Gasteiger partial charge is 0.461 e. The number of amides is 1. The molecule has 6 heteroatoms. The molecule has 2 aromatic heterocycles. The van der Waals surface area contributed by atoms with Gasteiger partial charge in [-0.3, -0.25) is 4.79 Å². The van der Waals surface area contributed by atoms with Crippen LogP contribution in [-0.2, 0) is 4.79 Å². The maximum Gasteiger partial charge on any atom is 0.238 e. The zero-order chi connectivity index (χ0) is 15.6. The summed E-state index contributed by atoms with van der Waals surface area (Å²) < 4.78 is 10.6. The van der Waals surface area contributed by atoms with E-state index in [2.05, 4.69) is 10.1 Å². The van der Waals surface area contributed by atoms with Crippen molar-refractivity contribution < 1.29 is 13.7 Å². The summed E-state index contributed by atoms with van der Waals surface area (Å²) in [7, 11) is 0. The Morgan fingerprint density at radius 1 is 1.26 bits per heavy atom. The number of aromatic nitrogens is 2. The second-order valence-electron chi connectivity index (χ2n) is 6.64. The van der Waals surface area contributed by atoms with Crippen LogP contribution >= 0.6 is 0 Å². The number of furan rings is 1. The maximum atomic E-state index is 12.3. The van der Waals surface area contributed by atoms with Crippen LogP contribution in [0.25, 0.3) is 11.6 Å². The Kier molecular flexibility index (Phi) is 3.89. The fraction of sp³-hybridized carbons (Fsp3) is 0.588. The number of carbonyl (C=O) groups excluding carboxylic acids is 1. The van der Waals surface area contributed by atoms with Gasteiger partial charge in [0.25, 0.3) is 0 Å². The molecule has 0 bridgehead atoms. The average molecular weight is 315 g/mol. The van der Waals surface area contributed by atoms with Crippen molar-refractivity contribution in [1.29, 1.82) is 0 Å². The van der Waals surface area contributed by atoms with E-state index in [0.717, 1.165) is 0 Å². The normalized spacial score (nSPS) is 19.7. The van der Waals surface area contributed by atoms with Crippen LogP contribution in [0.5, 0.6) is 0 Å². The van der Waals surface area contributed by atoms with Crippen molar-refractivity contribution in [2.75, 3.05) is 13.1 Å². The van der Waals surface area contributed by atoms with E-state index in [0.29, 0.717) is 42.9 Å². The first-order chi connectivity index (χ1) is 11.3. The highest BCUT2D eigenvalue weighted by Crippen LogP contribution is 2.31. The lowest BCUT2D eigenvalue weighted by Gasteiger charge is -2.38. The van der Waals surface area contributed by atoms with Crippen molar-refractivity contribution in [2.24, 2.45) is 5.92 Å². The van der Waals surface area contributed by atoms with E-state index in [4.69, 9.17) is 8.94 Å². The Labute approximate surface area is 134 Å². The smallest absolute Gasteiger partial charge is 0.238 e. The third-order valence-electron chi connectivity index (χ3n) is 4.95. The molecule has 23 heavy (non-hydrogen) atoms. The topological polar surface area (TPSA) is 72.4 Å². The first-order valence-corrected chi connectivity index (χ1v) is 8.45. The Balaban J connectivity index is 1.30. The van der Waals surface area contributed by atoms with Gasteiger partial charge in [0, 0.05) is 19.5 Å². The first-order valence-electron chi connectivity index (χ1n) is 8.45. The highest BCUT2D eigenvalue weighted by molar-refractivity contribution is 5.77. The third kappa shape index (κ3) is 3.02. The molecule has 4 rings (SSSR count). The third-order valence-corrected chi connectivity index (χ3v) is 4.95. The maximum absolute atomic E-state index is 12.3. The highest BCUT2D eigenvalue weighted by atomic mass is 16.5. The van der Waals surface area contributed by atoms with Gasteiger partial charge in [0.2, 0.25) is 17.6 Å². The summed E-state index contributed by atoms with van der Waals surface area (Å²) in [5.74, 6) is 2.68. The predicted octanol–water partition coefficient (Wildman–Crippen LogP) is 3.23. The number of rotatable bonds is 4. The molecule has 1 aliphatic carbocycles. The van der Waals surface area contributed by atoms with Crippen LogP contribution in [0.1, 0.15) is 50.3 Å². The van der Waals surface area contributed by atoms with Crippen LogP contribution < -0.4 is 0 Å². The number of carbonyl (C=O) groups is 1. The fourth-order valence-electron chi connectivity index (χ4n) is 3.51. The van der Waals surface area contributed by atoms with Gasteiger partial charge in [0.1, 0.15) is 0 Å². The minimum absolute atomic E-state index is 0.154. The molecule has 0 aromatic carbocycles. The van der Waals surface area contributed by atoms with Crippen LogP contribution in [0.4, 0.5) is 0 Å². The molecule has 0 atom stereocenters. The summed E-state index contributed by atoms with van der Waals surface area (Å²) >= 11 is 0. The van der Waals surface area contributed by atoms with Crippen LogP contribution in [0.3, 0.4) is 0 Å². The first kappa shape index (κ1) is 14.5. The Morgan fingerprint density at radius 2 is 2.09 bits per heavy atom. The molecule has 122 valence electrons. The van der Waals surface area contributed by atoms with Gasteiger partial charge in [-0.2, -0.15) is 4.98 Å². The van der Waals surface area contributed by atoms with E-state index in [1.165, 1.54) is 32.1 Å². The molecule has 0 N–H and O–H groups in total. The Hall–Kier alpha value is -2.11. The molecule has 6 nitrogen and oxygen atoms in total. The van der Waals surface area contributed by atoms with Crippen LogP contribution in [-0.4, -0.2) is 34.0 Å². The summed E-state index contributed by atoms with van der Waals surface area (Å²) in [6.45, 7) is 1.37. The van der Waals surface area contributed by atoms with E-state index >= 15 is 0 Å². The second kappa shape index (κ2) is 6.18. The van der Waals surface area contributed by atoms with Crippen molar-refractivity contribution in [3.05, 3.63) is 24.3 Å². The summed E-state index contributed by atoms with van der Waals surface area (Å²) in [5.41, 5.74) is 0. The average Bonchev–Trinajstić information content (AvgIpc) is 3.17. The summed E-state index contributed by atoms with van der Waals surface area (Å²) in [6, 6.07) is 3.59. The van der Waals surface area contributed by atoms with Crippen molar-refractivity contribution in [1.82, 2.24) is 15.0 Å². The lowest BCUT2D eigenvalue weighted by atomic mass is 9.86. The van der Waals surface area contributed by atoms with Crippen LogP contribution in [0.15, 0.2) is 27.3 Å². The van der Waals surface area contributed by atoms with Crippen molar-refractivity contribution in [2.45, 2.75) is 44.4 Å². The second-order valence-corrected chi connectivity index (χ2v) is 6.64. The molecule has 1 saturated carbocycles. The number of hydrogen-bond donors (Lipinski definition) is 0. The molecule has 2 aromatic rings. The Morgan fingerprint density at radius 3 is 2.83 bits per heavy atom. The van der Waals surface area contributed by atoms with Gasteiger partial charge in [-0.25, -0.2) is 0 Å². The number of nitrogens with zero attached hydrogens (tertiary/aromatic N) is 3. The molecule has 0 unspecified atom stereocenters. The number of hydrogen-bond acceptors (Lipinski definition) is 5. The lowest BCUT2D eigenvalue weighted by Crippen LogP contribution is -2.49. The molecule has 0 spiro atoms. The number of likely N-dealkylation sites (tertiary alicyclic amines) is 1. The quantitative estimate of drug-likeness (QED) is 0.866. The zero-order valence-electron chi connectivity index (χ0n) is 13.1. The molecule has 1 amide bonds. The van der Waals surface area contributed by atoms with Gasteiger partial charge in [-0.1, -0.05) is 24.4 Å². The molecule has 2 aliphatic rings. The van der Waals surface area contributed by atoms with E-state index in [-0.39, 0.29) is 11.8 Å². The van der Waals surface area contributed by atoms with Gasteiger partial charge in [-0.15, -0.1) is 0 Å². The SMILES string of the molecule is O=C(CC1CCCCC1)N1CC(c2nc(-c3ccco3)no2)C1. The van der Waals surface area contributed by atoms with Gasteiger partial charge < -0.3 is 13.8 Å². The van der Waals surface area contributed by atoms with E-state index in [1.807, 2.05) is 4.90 Å². The molecule has 1 saturated heterocycles. The van der Waals surface area contributed by atoms with E-state index in [9.17, 15) is 4.79 Å². The van der Waals surface area contributed by atoms with Crippen molar-refractivity contribution in [3.8, 4) is 11.6 Å². The molecule has 3 heterocycles. The molecule has 0 radical (unpaired) electrons. The van der Waals surface area contributed by atoms with Crippen LogP contribution in [0, 0.1) is 5.92 Å². The minimum Gasteiger partial charge on any atom is -0.461 e. The Bertz CT molecular complexity index is 652. The zero-order valence-corrected chi connectivity index (χ0v) is 13.1. The predicted molar refractivity (Wildman–Crippen MR) is 82.5 cm³/mol. The van der Waals surface area contributed by atoms with Crippen molar-refractivity contribution >= 4 is 5.91 Å². The minimum atomic E-state index is 0.154. The monoisotopic (exact) mass is 315 g/mol. The summed E-state index contributed by atoms with van der Waals surface area (Å²) in [5, 5.41) is 3.94. The summed E-state index contributed by atoms with van der Waals surface area (Å²) in [6.07, 6.45) is 8.58. The van der Waals surface area contributed by atoms with E-state index in [1.54, 1.807) is 18.4 Å².